The number of rotatable bonds is 6. The van der Waals surface area contributed by atoms with Crippen LogP contribution in [0, 0.1) is 11.3 Å². The maximum absolute atomic E-state index is 8.50. The highest BCUT2D eigenvalue weighted by molar-refractivity contribution is 5.62. The first-order valence-corrected chi connectivity index (χ1v) is 6.92. The van der Waals surface area contributed by atoms with Crippen molar-refractivity contribution in [2.45, 2.75) is 25.8 Å². The molecular formula is C17H19N3. The molecule has 1 heterocycles. The lowest BCUT2D eigenvalue weighted by Crippen LogP contribution is -2.19. The summed E-state index contributed by atoms with van der Waals surface area (Å²) < 4.78 is 0. The number of unbranched alkanes of at least 4 members (excludes halogenated alkanes) is 1. The van der Waals surface area contributed by atoms with Gasteiger partial charge in [-0.05, 0) is 42.6 Å². The van der Waals surface area contributed by atoms with Crippen molar-refractivity contribution >= 4 is 0 Å². The molecule has 3 nitrogen and oxygen atoms in total. The minimum absolute atomic E-state index is 0.302. The van der Waals surface area contributed by atoms with Crippen molar-refractivity contribution < 1.29 is 0 Å². The van der Waals surface area contributed by atoms with Crippen LogP contribution in [0.2, 0.25) is 0 Å². The molecule has 3 heteroatoms. The van der Waals surface area contributed by atoms with E-state index in [2.05, 4.69) is 53.6 Å². The van der Waals surface area contributed by atoms with E-state index in [9.17, 15) is 0 Å². The Morgan fingerprint density at radius 2 is 2.00 bits per heavy atom. The first-order valence-electron chi connectivity index (χ1n) is 6.92. The van der Waals surface area contributed by atoms with Gasteiger partial charge in [0, 0.05) is 24.9 Å². The molecule has 0 bridgehead atoms. The zero-order valence-corrected chi connectivity index (χ0v) is 11.7. The van der Waals surface area contributed by atoms with Crippen LogP contribution in [0.5, 0.6) is 0 Å². The summed E-state index contributed by atoms with van der Waals surface area (Å²) >= 11 is 0. The SMILES string of the molecule is C[C@@H](NCCCC#N)c1ccc(-c2cccnc2)cc1. The zero-order valence-electron chi connectivity index (χ0n) is 11.7. The van der Waals surface area contributed by atoms with E-state index in [1.165, 1.54) is 11.1 Å². The van der Waals surface area contributed by atoms with Gasteiger partial charge in [-0.3, -0.25) is 4.98 Å². The largest absolute Gasteiger partial charge is 0.310 e. The minimum atomic E-state index is 0.302. The van der Waals surface area contributed by atoms with E-state index in [1.54, 1.807) is 6.20 Å². The number of hydrogen-bond donors (Lipinski definition) is 1. The molecule has 2 aromatic rings. The summed E-state index contributed by atoms with van der Waals surface area (Å²) in [6, 6.07) is 15.0. The number of aromatic nitrogens is 1. The molecule has 0 aliphatic heterocycles. The second kappa shape index (κ2) is 7.42. The molecule has 2 rings (SSSR count). The molecule has 20 heavy (non-hydrogen) atoms. The lowest BCUT2D eigenvalue weighted by atomic mass is 10.0. The summed E-state index contributed by atoms with van der Waals surface area (Å²) in [6.45, 7) is 3.02. The molecule has 0 saturated heterocycles. The lowest BCUT2D eigenvalue weighted by molar-refractivity contribution is 0.562. The van der Waals surface area contributed by atoms with Gasteiger partial charge in [-0.15, -0.1) is 0 Å². The topological polar surface area (TPSA) is 48.7 Å². The van der Waals surface area contributed by atoms with Gasteiger partial charge in [0.2, 0.25) is 0 Å². The van der Waals surface area contributed by atoms with Gasteiger partial charge in [-0.25, -0.2) is 0 Å². The second-order valence-electron chi connectivity index (χ2n) is 4.80. The van der Waals surface area contributed by atoms with Gasteiger partial charge >= 0.3 is 0 Å². The van der Waals surface area contributed by atoms with Crippen molar-refractivity contribution in [3.8, 4) is 17.2 Å². The quantitative estimate of drug-likeness (QED) is 0.810. The van der Waals surface area contributed by atoms with Crippen LogP contribution < -0.4 is 5.32 Å². The highest BCUT2D eigenvalue weighted by atomic mass is 14.9. The predicted octanol–water partition coefficient (Wildman–Crippen LogP) is 3.70. The zero-order chi connectivity index (χ0) is 14.2. The molecule has 0 unspecified atom stereocenters. The highest BCUT2D eigenvalue weighted by Crippen LogP contribution is 2.21. The van der Waals surface area contributed by atoms with Crippen LogP contribution in [0.3, 0.4) is 0 Å². The number of nitrogens with zero attached hydrogens (tertiary/aromatic N) is 2. The summed E-state index contributed by atoms with van der Waals surface area (Å²) in [6.07, 6.45) is 5.16. The molecule has 1 atom stereocenters. The third kappa shape index (κ3) is 3.91. The Balaban J connectivity index is 1.96. The summed E-state index contributed by atoms with van der Waals surface area (Å²) in [5, 5.41) is 11.9. The van der Waals surface area contributed by atoms with Crippen molar-refractivity contribution in [1.29, 1.82) is 5.26 Å². The van der Waals surface area contributed by atoms with E-state index in [4.69, 9.17) is 5.26 Å². The molecule has 0 fully saturated rings. The maximum atomic E-state index is 8.50. The van der Waals surface area contributed by atoms with Crippen LogP contribution in [0.4, 0.5) is 0 Å². The Morgan fingerprint density at radius 3 is 2.65 bits per heavy atom. The van der Waals surface area contributed by atoms with Crippen molar-refractivity contribution in [2.75, 3.05) is 6.54 Å². The van der Waals surface area contributed by atoms with Crippen LogP contribution in [0.15, 0.2) is 48.8 Å². The average molecular weight is 265 g/mol. The number of hydrogen-bond acceptors (Lipinski definition) is 3. The second-order valence-corrected chi connectivity index (χ2v) is 4.80. The van der Waals surface area contributed by atoms with Gasteiger partial charge in [0.25, 0.3) is 0 Å². The number of nitriles is 1. The van der Waals surface area contributed by atoms with E-state index in [1.807, 2.05) is 12.3 Å². The van der Waals surface area contributed by atoms with E-state index in [-0.39, 0.29) is 0 Å². The fourth-order valence-corrected chi connectivity index (χ4v) is 2.10. The summed E-state index contributed by atoms with van der Waals surface area (Å²) in [5.41, 5.74) is 3.57. The first kappa shape index (κ1) is 14.2. The summed E-state index contributed by atoms with van der Waals surface area (Å²) in [4.78, 5) is 4.14. The fraction of sp³-hybridized carbons (Fsp3) is 0.294. The van der Waals surface area contributed by atoms with Gasteiger partial charge in [0.1, 0.15) is 0 Å². The third-order valence-corrected chi connectivity index (χ3v) is 3.32. The summed E-state index contributed by atoms with van der Waals surface area (Å²) in [7, 11) is 0. The monoisotopic (exact) mass is 265 g/mol. The van der Waals surface area contributed by atoms with Crippen LogP contribution >= 0.6 is 0 Å². The molecule has 0 spiro atoms. The maximum Gasteiger partial charge on any atom is 0.0622 e. The van der Waals surface area contributed by atoms with Crippen LogP contribution in [0.25, 0.3) is 11.1 Å². The third-order valence-electron chi connectivity index (χ3n) is 3.32. The lowest BCUT2D eigenvalue weighted by Gasteiger charge is -2.14. The molecule has 0 radical (unpaired) electrons. The van der Waals surface area contributed by atoms with Crippen molar-refractivity contribution in [2.24, 2.45) is 0 Å². The number of pyridine rings is 1. The van der Waals surface area contributed by atoms with Crippen LogP contribution in [-0.2, 0) is 0 Å². The molecule has 0 aliphatic carbocycles. The van der Waals surface area contributed by atoms with Gasteiger partial charge in [0.05, 0.1) is 6.07 Å². The van der Waals surface area contributed by atoms with E-state index in [0.717, 1.165) is 18.5 Å². The minimum Gasteiger partial charge on any atom is -0.310 e. The van der Waals surface area contributed by atoms with Crippen molar-refractivity contribution in [3.05, 3.63) is 54.4 Å². The molecule has 0 amide bonds. The van der Waals surface area contributed by atoms with Crippen LogP contribution in [-0.4, -0.2) is 11.5 Å². The van der Waals surface area contributed by atoms with Gasteiger partial charge in [-0.2, -0.15) is 5.26 Å². The van der Waals surface area contributed by atoms with Crippen molar-refractivity contribution in [1.82, 2.24) is 10.3 Å². The van der Waals surface area contributed by atoms with Gasteiger partial charge < -0.3 is 5.32 Å². The standard InChI is InChI=1S/C17H19N3/c1-14(20-12-3-2-10-18)15-6-8-16(9-7-15)17-5-4-11-19-13-17/h4-9,11,13-14,20H,2-3,12H2,1H3/t14-/m1/s1. The molecule has 0 saturated carbocycles. The van der Waals surface area contributed by atoms with E-state index < -0.39 is 0 Å². The van der Waals surface area contributed by atoms with Crippen LogP contribution in [0.1, 0.15) is 31.4 Å². The molecular weight excluding hydrogens is 246 g/mol. The smallest absolute Gasteiger partial charge is 0.0622 e. The highest BCUT2D eigenvalue weighted by Gasteiger charge is 2.04. The summed E-state index contributed by atoms with van der Waals surface area (Å²) in [5.74, 6) is 0. The fourth-order valence-electron chi connectivity index (χ4n) is 2.10. The Labute approximate surface area is 120 Å². The Hall–Kier alpha value is -2.18. The molecule has 1 aromatic heterocycles. The molecule has 0 aliphatic rings. The Kier molecular flexibility index (Phi) is 5.28. The van der Waals surface area contributed by atoms with Crippen molar-refractivity contribution in [3.63, 3.8) is 0 Å². The van der Waals surface area contributed by atoms with Gasteiger partial charge in [0.15, 0.2) is 0 Å². The average Bonchev–Trinajstić information content (AvgIpc) is 2.52. The molecule has 1 N–H and O–H groups in total. The van der Waals surface area contributed by atoms with E-state index >= 15 is 0 Å². The number of benzene rings is 1. The van der Waals surface area contributed by atoms with Gasteiger partial charge in [-0.1, -0.05) is 30.3 Å². The van der Waals surface area contributed by atoms with E-state index in [0.29, 0.717) is 12.5 Å². The Morgan fingerprint density at radius 1 is 1.20 bits per heavy atom. The normalized spacial score (nSPS) is 11.8. The number of nitrogens with one attached hydrogen (secondary N) is 1. The molecule has 102 valence electrons. The first-order chi connectivity index (χ1) is 9.81. The Bertz CT molecular complexity index is 555. The molecule has 1 aromatic carbocycles. The predicted molar refractivity (Wildman–Crippen MR) is 80.9 cm³/mol.